The molecule has 16 heavy (non-hydrogen) atoms. The highest BCUT2D eigenvalue weighted by Gasteiger charge is 2.31. The van der Waals surface area contributed by atoms with E-state index in [2.05, 4.69) is 38.5 Å². The van der Waals surface area contributed by atoms with E-state index in [1.54, 1.807) is 12.1 Å². The van der Waals surface area contributed by atoms with Crippen molar-refractivity contribution >= 4 is 50.3 Å². The van der Waals surface area contributed by atoms with Crippen molar-refractivity contribution in [3.8, 4) is 0 Å². The van der Waals surface area contributed by atoms with Gasteiger partial charge < -0.3 is 4.74 Å². The zero-order chi connectivity index (χ0) is 11.7. The molecule has 0 N–H and O–H groups in total. The fourth-order valence-electron chi connectivity index (χ4n) is 1.47. The molecule has 1 aromatic carbocycles. The molecule has 0 aliphatic carbocycles. The second-order valence-electron chi connectivity index (χ2n) is 3.37. The van der Waals surface area contributed by atoms with Crippen LogP contribution in [0.3, 0.4) is 0 Å². The maximum absolute atomic E-state index is 13.3. The Bertz CT molecular complexity index is 429. The number of carbonyl (C=O) groups excluding carboxylic acids is 1. The fraction of sp³-hybridized carbons (Fsp3) is 0.300. The van der Waals surface area contributed by atoms with Crippen LogP contribution < -0.4 is 4.90 Å². The molecule has 1 amide bonds. The largest absolute Gasteiger partial charge is 0.443 e. The smallest absolute Gasteiger partial charge is 0.414 e. The third-order valence-electron chi connectivity index (χ3n) is 2.26. The minimum atomic E-state index is -0.414. The number of rotatable bonds is 2. The molecule has 1 fully saturated rings. The Morgan fingerprint density at radius 1 is 1.62 bits per heavy atom. The Morgan fingerprint density at radius 2 is 2.38 bits per heavy atom. The second kappa shape index (κ2) is 4.87. The van der Waals surface area contributed by atoms with Crippen LogP contribution >= 0.6 is 38.5 Å². The molecule has 1 atom stereocenters. The predicted octanol–water partition coefficient (Wildman–Crippen LogP) is 3.35. The van der Waals surface area contributed by atoms with Crippen molar-refractivity contribution in [3.05, 3.63) is 28.5 Å². The van der Waals surface area contributed by atoms with Crippen LogP contribution in [0.5, 0.6) is 0 Å². The number of hydrogen-bond acceptors (Lipinski definition) is 2. The van der Waals surface area contributed by atoms with Gasteiger partial charge in [-0.3, -0.25) is 4.90 Å². The highest BCUT2D eigenvalue weighted by Crippen LogP contribution is 2.26. The number of hydrogen-bond donors (Lipinski definition) is 0. The van der Waals surface area contributed by atoms with Crippen molar-refractivity contribution in [1.29, 1.82) is 0 Å². The summed E-state index contributed by atoms with van der Waals surface area (Å²) in [5.41, 5.74) is 0.526. The molecular formula is C10H8BrFINO2. The Labute approximate surface area is 114 Å². The summed E-state index contributed by atoms with van der Waals surface area (Å²) < 4.78 is 19.5. The van der Waals surface area contributed by atoms with Crippen LogP contribution in [0.2, 0.25) is 0 Å². The van der Waals surface area contributed by atoms with Crippen molar-refractivity contribution in [1.82, 2.24) is 0 Å². The fourth-order valence-corrected chi connectivity index (χ4v) is 2.17. The number of benzene rings is 1. The second-order valence-corrected chi connectivity index (χ2v) is 5.10. The zero-order valence-corrected chi connectivity index (χ0v) is 11.9. The summed E-state index contributed by atoms with van der Waals surface area (Å²) in [6.07, 6.45) is -0.525. The number of nitrogens with zero attached hydrogens (tertiary/aromatic N) is 1. The summed E-state index contributed by atoms with van der Waals surface area (Å²) >= 11 is 5.22. The maximum Gasteiger partial charge on any atom is 0.414 e. The molecular weight excluding hydrogens is 392 g/mol. The van der Waals surface area contributed by atoms with Crippen molar-refractivity contribution in [2.75, 3.05) is 15.9 Å². The van der Waals surface area contributed by atoms with Gasteiger partial charge >= 0.3 is 6.09 Å². The van der Waals surface area contributed by atoms with E-state index in [9.17, 15) is 9.18 Å². The van der Waals surface area contributed by atoms with E-state index in [4.69, 9.17) is 4.74 Å². The molecule has 1 aliphatic heterocycles. The molecule has 1 saturated heterocycles. The summed E-state index contributed by atoms with van der Waals surface area (Å²) in [5, 5.41) is 0. The molecule has 1 aromatic rings. The summed E-state index contributed by atoms with van der Waals surface area (Å²) in [7, 11) is 0. The van der Waals surface area contributed by atoms with E-state index in [0.29, 0.717) is 16.7 Å². The van der Waals surface area contributed by atoms with Gasteiger partial charge in [-0.25, -0.2) is 9.18 Å². The van der Waals surface area contributed by atoms with E-state index in [1.165, 1.54) is 11.0 Å². The predicted molar refractivity (Wildman–Crippen MR) is 70.6 cm³/mol. The first-order valence-corrected chi connectivity index (χ1v) is 6.93. The van der Waals surface area contributed by atoms with Crippen LogP contribution in [0.4, 0.5) is 14.9 Å². The van der Waals surface area contributed by atoms with Crippen LogP contribution in [-0.4, -0.2) is 23.2 Å². The Hall–Kier alpha value is -0.370. The number of alkyl halides is 1. The number of ether oxygens (including phenoxy) is 1. The molecule has 2 rings (SSSR count). The van der Waals surface area contributed by atoms with Crippen LogP contribution in [0, 0.1) is 5.82 Å². The number of cyclic esters (lactones) is 1. The molecule has 3 nitrogen and oxygen atoms in total. The third kappa shape index (κ3) is 2.32. The van der Waals surface area contributed by atoms with Gasteiger partial charge in [0.05, 0.1) is 16.7 Å². The van der Waals surface area contributed by atoms with Gasteiger partial charge in [0.25, 0.3) is 0 Å². The highest BCUT2D eigenvalue weighted by atomic mass is 127. The molecule has 6 heteroatoms. The monoisotopic (exact) mass is 399 g/mol. The maximum atomic E-state index is 13.3. The Balaban J connectivity index is 2.24. The van der Waals surface area contributed by atoms with Crippen molar-refractivity contribution in [2.45, 2.75) is 6.10 Å². The Morgan fingerprint density at radius 3 is 2.94 bits per heavy atom. The number of amides is 1. The van der Waals surface area contributed by atoms with E-state index < -0.39 is 6.09 Å². The minimum Gasteiger partial charge on any atom is -0.443 e. The molecule has 0 radical (unpaired) electrons. The number of halogens is 3. The average molecular weight is 400 g/mol. The van der Waals surface area contributed by atoms with Gasteiger partial charge in [-0.2, -0.15) is 0 Å². The van der Waals surface area contributed by atoms with E-state index in [1.807, 2.05) is 0 Å². The first kappa shape index (κ1) is 12.1. The molecule has 0 aromatic heterocycles. The standard InChI is InChI=1S/C10H8BrFINO2/c11-8-2-1-6(3-9(8)12)14-5-7(4-13)16-10(14)15/h1-3,7H,4-5H2. The molecule has 0 bridgehead atoms. The molecule has 1 aliphatic rings. The SMILES string of the molecule is O=C1OC(CI)CN1c1ccc(Br)c(F)c1. The number of carbonyl (C=O) groups is 1. The summed E-state index contributed by atoms with van der Waals surface area (Å²) in [6, 6.07) is 4.58. The van der Waals surface area contributed by atoms with E-state index in [0.717, 1.165) is 4.43 Å². The summed E-state index contributed by atoms with van der Waals surface area (Å²) in [6.45, 7) is 0.475. The average Bonchev–Trinajstić information content (AvgIpc) is 2.64. The van der Waals surface area contributed by atoms with Crippen molar-refractivity contribution in [2.24, 2.45) is 0 Å². The molecule has 1 heterocycles. The number of anilines is 1. The topological polar surface area (TPSA) is 29.5 Å². The van der Waals surface area contributed by atoms with Gasteiger partial charge in [0.15, 0.2) is 0 Å². The van der Waals surface area contributed by atoms with Crippen molar-refractivity contribution < 1.29 is 13.9 Å². The first-order chi connectivity index (χ1) is 7.61. The van der Waals surface area contributed by atoms with Gasteiger partial charge in [0.1, 0.15) is 11.9 Å². The molecule has 0 saturated carbocycles. The van der Waals surface area contributed by atoms with Crippen LogP contribution in [0.1, 0.15) is 0 Å². The first-order valence-electron chi connectivity index (χ1n) is 4.61. The lowest BCUT2D eigenvalue weighted by Gasteiger charge is -2.12. The molecule has 1 unspecified atom stereocenters. The molecule has 86 valence electrons. The Kier molecular flexibility index (Phi) is 3.68. The van der Waals surface area contributed by atoms with E-state index >= 15 is 0 Å². The lowest BCUT2D eigenvalue weighted by molar-refractivity contribution is 0.153. The van der Waals surface area contributed by atoms with Crippen LogP contribution in [-0.2, 0) is 4.74 Å². The summed E-state index contributed by atoms with van der Waals surface area (Å²) in [5.74, 6) is -0.386. The van der Waals surface area contributed by atoms with Gasteiger partial charge in [-0.05, 0) is 34.1 Å². The highest BCUT2D eigenvalue weighted by molar-refractivity contribution is 14.1. The van der Waals surface area contributed by atoms with Crippen molar-refractivity contribution in [3.63, 3.8) is 0 Å². The lowest BCUT2D eigenvalue weighted by Crippen LogP contribution is -2.24. The van der Waals surface area contributed by atoms with E-state index in [-0.39, 0.29) is 11.9 Å². The molecule has 0 spiro atoms. The van der Waals surface area contributed by atoms with Gasteiger partial charge in [0, 0.05) is 4.43 Å². The lowest BCUT2D eigenvalue weighted by atomic mass is 10.3. The third-order valence-corrected chi connectivity index (χ3v) is 3.89. The minimum absolute atomic E-state index is 0.111. The quantitative estimate of drug-likeness (QED) is 0.563. The van der Waals surface area contributed by atoms with Crippen LogP contribution in [0.25, 0.3) is 0 Å². The summed E-state index contributed by atoms with van der Waals surface area (Å²) in [4.78, 5) is 12.9. The van der Waals surface area contributed by atoms with Gasteiger partial charge in [-0.15, -0.1) is 0 Å². The van der Waals surface area contributed by atoms with Gasteiger partial charge in [-0.1, -0.05) is 22.6 Å². The van der Waals surface area contributed by atoms with Gasteiger partial charge in [0.2, 0.25) is 0 Å². The zero-order valence-electron chi connectivity index (χ0n) is 8.12. The van der Waals surface area contributed by atoms with Crippen LogP contribution in [0.15, 0.2) is 22.7 Å². The normalized spacial score (nSPS) is 20.1.